The van der Waals surface area contributed by atoms with Crippen LogP contribution in [0.3, 0.4) is 0 Å². The molecule has 1 fully saturated rings. The molecule has 82 valence electrons. The van der Waals surface area contributed by atoms with Crippen molar-refractivity contribution in [2.45, 2.75) is 51.8 Å². The molecule has 4 heteroatoms. The van der Waals surface area contributed by atoms with Crippen LogP contribution in [0, 0.1) is 0 Å². The predicted molar refractivity (Wildman–Crippen MR) is 62.4 cm³/mol. The molecule has 0 aromatic carbocycles. The minimum Gasteiger partial charge on any atom is -0.378 e. The van der Waals surface area contributed by atoms with Gasteiger partial charge in [-0.1, -0.05) is 0 Å². The number of hydrogen-bond donors (Lipinski definition) is 2. The van der Waals surface area contributed by atoms with Crippen molar-refractivity contribution in [1.82, 2.24) is 10.6 Å². The lowest BCUT2D eigenvalue weighted by molar-refractivity contribution is 0.0166. The smallest absolute Gasteiger partial charge is 0.166 e. The molecule has 1 heterocycles. The lowest BCUT2D eigenvalue weighted by Gasteiger charge is -2.29. The van der Waals surface area contributed by atoms with Crippen LogP contribution in [0.25, 0.3) is 0 Å². The molecule has 1 aliphatic heterocycles. The maximum Gasteiger partial charge on any atom is 0.166 e. The summed E-state index contributed by atoms with van der Waals surface area (Å²) < 4.78 is 5.47. The molecule has 1 saturated heterocycles. The van der Waals surface area contributed by atoms with E-state index < -0.39 is 0 Å². The second-order valence-corrected chi connectivity index (χ2v) is 4.58. The summed E-state index contributed by atoms with van der Waals surface area (Å²) in [6.45, 7) is 7.11. The molecule has 0 aliphatic carbocycles. The van der Waals surface area contributed by atoms with Crippen molar-refractivity contribution in [2.75, 3.05) is 6.61 Å². The van der Waals surface area contributed by atoms with Crippen LogP contribution in [-0.2, 0) is 4.74 Å². The van der Waals surface area contributed by atoms with Crippen LogP contribution in [0.2, 0.25) is 0 Å². The second kappa shape index (κ2) is 5.51. The fourth-order valence-corrected chi connectivity index (χ4v) is 2.02. The van der Waals surface area contributed by atoms with Gasteiger partial charge in [0.05, 0.1) is 6.10 Å². The molecule has 0 aromatic heterocycles. The first-order valence-corrected chi connectivity index (χ1v) is 5.67. The molecule has 0 spiro atoms. The standard InChI is InChI=1S/C10H20N2OS/c1-7(2)11-10(14)12-9-4-5-13-8(3)6-9/h7-9H,4-6H2,1-3H3,(H2,11,12,14). The van der Waals surface area contributed by atoms with Gasteiger partial charge in [0.25, 0.3) is 0 Å². The van der Waals surface area contributed by atoms with Gasteiger partial charge in [-0.2, -0.15) is 0 Å². The first-order valence-electron chi connectivity index (χ1n) is 5.26. The van der Waals surface area contributed by atoms with Crippen LogP contribution in [0.5, 0.6) is 0 Å². The largest absolute Gasteiger partial charge is 0.378 e. The summed E-state index contributed by atoms with van der Waals surface area (Å²) in [5, 5.41) is 7.27. The Bertz CT molecular complexity index is 197. The zero-order chi connectivity index (χ0) is 10.6. The fraction of sp³-hybridized carbons (Fsp3) is 0.900. The Labute approximate surface area is 91.6 Å². The normalized spacial score (nSPS) is 27.4. The minimum absolute atomic E-state index is 0.350. The van der Waals surface area contributed by atoms with E-state index in [0.717, 1.165) is 24.6 Å². The van der Waals surface area contributed by atoms with Gasteiger partial charge in [-0.05, 0) is 45.8 Å². The van der Waals surface area contributed by atoms with Gasteiger partial charge in [0.1, 0.15) is 0 Å². The van der Waals surface area contributed by atoms with E-state index in [-0.39, 0.29) is 0 Å². The monoisotopic (exact) mass is 216 g/mol. The van der Waals surface area contributed by atoms with E-state index in [1.165, 1.54) is 0 Å². The van der Waals surface area contributed by atoms with Gasteiger partial charge >= 0.3 is 0 Å². The van der Waals surface area contributed by atoms with Crippen LogP contribution in [0.1, 0.15) is 33.6 Å². The molecule has 2 atom stereocenters. The Morgan fingerprint density at radius 2 is 2.21 bits per heavy atom. The van der Waals surface area contributed by atoms with Crippen LogP contribution in [-0.4, -0.2) is 29.9 Å². The SMILES string of the molecule is CC(C)NC(=S)NC1CCOC(C)C1. The average Bonchev–Trinajstić information content (AvgIpc) is 2.01. The van der Waals surface area contributed by atoms with Crippen LogP contribution < -0.4 is 10.6 Å². The molecule has 14 heavy (non-hydrogen) atoms. The third-order valence-electron chi connectivity index (χ3n) is 2.24. The van der Waals surface area contributed by atoms with Crippen molar-refractivity contribution in [1.29, 1.82) is 0 Å². The van der Waals surface area contributed by atoms with E-state index in [2.05, 4.69) is 31.4 Å². The molecule has 0 bridgehead atoms. The van der Waals surface area contributed by atoms with E-state index >= 15 is 0 Å². The number of rotatable bonds is 2. The van der Waals surface area contributed by atoms with Gasteiger partial charge in [-0.25, -0.2) is 0 Å². The molecule has 1 aliphatic rings. The first kappa shape index (κ1) is 11.7. The highest BCUT2D eigenvalue weighted by molar-refractivity contribution is 7.80. The minimum atomic E-state index is 0.350. The van der Waals surface area contributed by atoms with Gasteiger partial charge in [0, 0.05) is 18.7 Å². The number of nitrogens with one attached hydrogen (secondary N) is 2. The van der Waals surface area contributed by atoms with Crippen LogP contribution in [0.4, 0.5) is 0 Å². The van der Waals surface area contributed by atoms with Crippen molar-refractivity contribution in [2.24, 2.45) is 0 Å². The van der Waals surface area contributed by atoms with E-state index in [1.807, 2.05) is 0 Å². The lowest BCUT2D eigenvalue weighted by atomic mass is 10.0. The Hall–Kier alpha value is -0.350. The maximum atomic E-state index is 5.47. The van der Waals surface area contributed by atoms with Crippen molar-refractivity contribution in [3.8, 4) is 0 Å². The van der Waals surface area contributed by atoms with E-state index in [1.54, 1.807) is 0 Å². The molecular formula is C10H20N2OS. The molecule has 1 rings (SSSR count). The molecule has 0 aromatic rings. The molecule has 0 saturated carbocycles. The molecule has 2 N–H and O–H groups in total. The number of thiocarbonyl (C=S) groups is 1. The van der Waals surface area contributed by atoms with Crippen molar-refractivity contribution < 1.29 is 4.74 Å². The summed E-state index contributed by atoms with van der Waals surface area (Å²) >= 11 is 5.19. The topological polar surface area (TPSA) is 33.3 Å². The zero-order valence-electron chi connectivity index (χ0n) is 9.17. The van der Waals surface area contributed by atoms with Crippen molar-refractivity contribution >= 4 is 17.3 Å². The van der Waals surface area contributed by atoms with Crippen LogP contribution in [0.15, 0.2) is 0 Å². The number of ether oxygens (including phenoxy) is 1. The summed E-state index contributed by atoms with van der Waals surface area (Å²) in [7, 11) is 0. The summed E-state index contributed by atoms with van der Waals surface area (Å²) in [4.78, 5) is 0. The fourth-order valence-electron chi connectivity index (χ4n) is 1.62. The highest BCUT2D eigenvalue weighted by Gasteiger charge is 2.19. The Morgan fingerprint density at radius 1 is 1.50 bits per heavy atom. The first-order chi connectivity index (χ1) is 6.58. The number of hydrogen-bond acceptors (Lipinski definition) is 2. The summed E-state index contributed by atoms with van der Waals surface area (Å²) in [6.07, 6.45) is 2.44. The summed E-state index contributed by atoms with van der Waals surface area (Å²) in [6, 6.07) is 0.866. The van der Waals surface area contributed by atoms with E-state index in [0.29, 0.717) is 18.2 Å². The van der Waals surface area contributed by atoms with Crippen LogP contribution >= 0.6 is 12.2 Å². The lowest BCUT2D eigenvalue weighted by Crippen LogP contribution is -2.47. The van der Waals surface area contributed by atoms with E-state index in [9.17, 15) is 0 Å². The molecule has 0 amide bonds. The summed E-state index contributed by atoms with van der Waals surface area (Å²) in [5.41, 5.74) is 0. The van der Waals surface area contributed by atoms with Gasteiger partial charge in [-0.3, -0.25) is 0 Å². The summed E-state index contributed by atoms with van der Waals surface area (Å²) in [5.74, 6) is 0. The Morgan fingerprint density at radius 3 is 2.79 bits per heavy atom. The van der Waals surface area contributed by atoms with Gasteiger partial charge in [0.2, 0.25) is 0 Å². The highest BCUT2D eigenvalue weighted by atomic mass is 32.1. The third-order valence-corrected chi connectivity index (χ3v) is 2.48. The average molecular weight is 216 g/mol. The quantitative estimate of drug-likeness (QED) is 0.684. The Kier molecular flexibility index (Phi) is 4.62. The van der Waals surface area contributed by atoms with Gasteiger partial charge in [0.15, 0.2) is 5.11 Å². The second-order valence-electron chi connectivity index (χ2n) is 4.18. The Balaban J connectivity index is 2.25. The van der Waals surface area contributed by atoms with Crippen molar-refractivity contribution in [3.63, 3.8) is 0 Å². The van der Waals surface area contributed by atoms with Gasteiger partial charge in [-0.15, -0.1) is 0 Å². The highest BCUT2D eigenvalue weighted by Crippen LogP contribution is 2.12. The zero-order valence-corrected chi connectivity index (χ0v) is 9.99. The van der Waals surface area contributed by atoms with E-state index in [4.69, 9.17) is 17.0 Å². The molecular weight excluding hydrogens is 196 g/mol. The molecule has 3 nitrogen and oxygen atoms in total. The maximum absolute atomic E-state index is 5.47. The predicted octanol–water partition coefficient (Wildman–Crippen LogP) is 1.43. The third kappa shape index (κ3) is 4.24. The van der Waals surface area contributed by atoms with Crippen molar-refractivity contribution in [3.05, 3.63) is 0 Å². The van der Waals surface area contributed by atoms with Gasteiger partial charge < -0.3 is 15.4 Å². The molecule has 0 radical (unpaired) electrons. The molecule has 2 unspecified atom stereocenters.